The Hall–Kier alpha value is -0.490. The molecule has 5 heteroatoms. The second-order valence-electron chi connectivity index (χ2n) is 2.20. The number of aliphatic hydroxyl groups is 2. The van der Waals surface area contributed by atoms with Crippen molar-refractivity contribution in [2.75, 3.05) is 6.61 Å². The molecule has 0 aromatic carbocycles. The van der Waals surface area contributed by atoms with E-state index in [-0.39, 0.29) is 6.61 Å². The molecule has 0 aliphatic carbocycles. The summed E-state index contributed by atoms with van der Waals surface area (Å²) in [5, 5.41) is 19.6. The molecule has 0 spiro atoms. The van der Waals surface area contributed by atoms with Crippen LogP contribution in [0.25, 0.3) is 0 Å². The van der Waals surface area contributed by atoms with E-state index in [1.807, 2.05) is 0 Å². The molecule has 1 rings (SSSR count). The Kier molecular flexibility index (Phi) is 2.95. The average molecular weight is 174 g/mol. The number of aromatic nitrogens is 1. The number of hydrogen-bond acceptors (Lipinski definition) is 5. The lowest BCUT2D eigenvalue weighted by Crippen LogP contribution is -2.32. The summed E-state index contributed by atoms with van der Waals surface area (Å²) in [6.07, 6.45) is -0.855. The highest BCUT2D eigenvalue weighted by atomic mass is 32.1. The summed E-state index contributed by atoms with van der Waals surface area (Å²) in [4.78, 5) is 3.86. The first kappa shape index (κ1) is 8.61. The Morgan fingerprint density at radius 3 is 2.91 bits per heavy atom. The highest BCUT2D eigenvalue weighted by Gasteiger charge is 2.16. The van der Waals surface area contributed by atoms with E-state index in [2.05, 4.69) is 4.98 Å². The molecule has 0 radical (unpaired) electrons. The topological polar surface area (TPSA) is 79.4 Å². The lowest BCUT2D eigenvalue weighted by atomic mass is 10.1. The van der Waals surface area contributed by atoms with Crippen molar-refractivity contribution in [1.29, 1.82) is 0 Å². The molecule has 0 fully saturated rings. The minimum absolute atomic E-state index is 0.237. The minimum atomic E-state index is -0.855. The van der Waals surface area contributed by atoms with Crippen molar-refractivity contribution < 1.29 is 10.2 Å². The van der Waals surface area contributed by atoms with Crippen LogP contribution in [0.1, 0.15) is 11.8 Å². The first-order chi connectivity index (χ1) is 5.25. The second-order valence-corrected chi connectivity index (χ2v) is 2.92. The van der Waals surface area contributed by atoms with Crippen molar-refractivity contribution in [3.05, 3.63) is 16.6 Å². The van der Waals surface area contributed by atoms with Crippen LogP contribution >= 0.6 is 11.3 Å². The van der Waals surface area contributed by atoms with Gasteiger partial charge in [-0.1, -0.05) is 0 Å². The smallest absolute Gasteiger partial charge is 0.114 e. The maximum absolute atomic E-state index is 9.34. The number of nitrogens with two attached hydrogens (primary N) is 1. The minimum Gasteiger partial charge on any atom is -0.395 e. The zero-order chi connectivity index (χ0) is 8.27. The third-order valence-corrected chi connectivity index (χ3v) is 1.98. The van der Waals surface area contributed by atoms with Crippen LogP contribution in [0.4, 0.5) is 0 Å². The predicted molar refractivity (Wildman–Crippen MR) is 42.1 cm³/mol. The van der Waals surface area contributed by atoms with Gasteiger partial charge < -0.3 is 15.9 Å². The van der Waals surface area contributed by atoms with E-state index in [9.17, 15) is 5.11 Å². The van der Waals surface area contributed by atoms with Gasteiger partial charge in [0.25, 0.3) is 0 Å². The largest absolute Gasteiger partial charge is 0.395 e. The van der Waals surface area contributed by atoms with E-state index in [4.69, 9.17) is 10.8 Å². The van der Waals surface area contributed by atoms with Gasteiger partial charge in [0.15, 0.2) is 0 Å². The molecule has 0 saturated heterocycles. The fourth-order valence-electron chi connectivity index (χ4n) is 0.687. The van der Waals surface area contributed by atoms with Crippen molar-refractivity contribution in [3.8, 4) is 0 Å². The molecule has 0 aliphatic rings. The third kappa shape index (κ3) is 1.97. The van der Waals surface area contributed by atoms with Gasteiger partial charge in [-0.15, -0.1) is 11.3 Å². The third-order valence-electron chi connectivity index (χ3n) is 1.37. The molecule has 2 atom stereocenters. The van der Waals surface area contributed by atoms with Crippen LogP contribution in [0.15, 0.2) is 10.9 Å². The Labute approximate surface area is 68.3 Å². The van der Waals surface area contributed by atoms with E-state index in [1.54, 1.807) is 10.9 Å². The molecule has 0 bridgehead atoms. The summed E-state index contributed by atoms with van der Waals surface area (Å²) in [5.74, 6) is 0. The van der Waals surface area contributed by atoms with Gasteiger partial charge in [-0.25, -0.2) is 4.98 Å². The highest BCUT2D eigenvalue weighted by Crippen LogP contribution is 2.14. The molecule has 62 valence electrons. The highest BCUT2D eigenvalue weighted by molar-refractivity contribution is 7.07. The molecule has 0 amide bonds. The van der Waals surface area contributed by atoms with E-state index < -0.39 is 12.1 Å². The Morgan fingerprint density at radius 1 is 1.73 bits per heavy atom. The molecule has 1 aromatic heterocycles. The Bertz CT molecular complexity index is 202. The number of aliphatic hydroxyl groups excluding tert-OH is 2. The summed E-state index contributed by atoms with van der Waals surface area (Å²) in [5.41, 5.74) is 7.51. The summed E-state index contributed by atoms with van der Waals surface area (Å²) in [7, 11) is 0. The number of rotatable bonds is 3. The maximum atomic E-state index is 9.34. The Balaban J connectivity index is 2.62. The van der Waals surface area contributed by atoms with Crippen molar-refractivity contribution in [2.24, 2.45) is 5.73 Å². The fraction of sp³-hybridized carbons (Fsp3) is 0.500. The molecule has 4 N–H and O–H groups in total. The van der Waals surface area contributed by atoms with Gasteiger partial charge in [0.2, 0.25) is 0 Å². The van der Waals surface area contributed by atoms with E-state index >= 15 is 0 Å². The second kappa shape index (κ2) is 3.77. The summed E-state index contributed by atoms with van der Waals surface area (Å²) < 4.78 is 0. The molecule has 0 saturated carbocycles. The standard InChI is InChI=1S/C6H10N2O2S/c7-4(1-9)6(10)5-2-11-3-8-5/h2-4,6,9-10H,1,7H2. The molecule has 1 heterocycles. The fourth-order valence-corrected chi connectivity index (χ4v) is 1.27. The first-order valence-corrected chi connectivity index (χ1v) is 4.12. The van der Waals surface area contributed by atoms with E-state index in [0.717, 1.165) is 0 Å². The van der Waals surface area contributed by atoms with Crippen molar-refractivity contribution in [2.45, 2.75) is 12.1 Å². The number of nitrogens with zero attached hydrogens (tertiary/aromatic N) is 1. The van der Waals surface area contributed by atoms with Crippen LogP contribution in [-0.4, -0.2) is 27.8 Å². The summed E-state index contributed by atoms with van der Waals surface area (Å²) in [6, 6.07) is -0.642. The number of thiazole rings is 1. The van der Waals surface area contributed by atoms with Crippen LogP contribution in [0.2, 0.25) is 0 Å². The van der Waals surface area contributed by atoms with Crippen molar-refractivity contribution in [3.63, 3.8) is 0 Å². The quantitative estimate of drug-likeness (QED) is 0.577. The molecule has 11 heavy (non-hydrogen) atoms. The van der Waals surface area contributed by atoms with Gasteiger partial charge in [0, 0.05) is 5.38 Å². The maximum Gasteiger partial charge on any atom is 0.114 e. The van der Waals surface area contributed by atoms with Crippen LogP contribution in [0.5, 0.6) is 0 Å². The van der Waals surface area contributed by atoms with Gasteiger partial charge in [-0.05, 0) is 0 Å². The van der Waals surface area contributed by atoms with Gasteiger partial charge >= 0.3 is 0 Å². The average Bonchev–Trinajstić information content (AvgIpc) is 2.53. The zero-order valence-corrected chi connectivity index (χ0v) is 6.66. The van der Waals surface area contributed by atoms with Gasteiger partial charge in [0.1, 0.15) is 6.10 Å². The first-order valence-electron chi connectivity index (χ1n) is 3.18. The lowest BCUT2D eigenvalue weighted by molar-refractivity contribution is 0.106. The van der Waals surface area contributed by atoms with Crippen LogP contribution in [-0.2, 0) is 0 Å². The normalized spacial score (nSPS) is 16.3. The van der Waals surface area contributed by atoms with E-state index in [0.29, 0.717) is 5.69 Å². The lowest BCUT2D eigenvalue weighted by Gasteiger charge is -2.13. The monoisotopic (exact) mass is 174 g/mol. The molecular weight excluding hydrogens is 164 g/mol. The molecule has 4 nitrogen and oxygen atoms in total. The van der Waals surface area contributed by atoms with E-state index in [1.165, 1.54) is 11.3 Å². The van der Waals surface area contributed by atoms with Gasteiger partial charge in [-0.2, -0.15) is 0 Å². The molecule has 1 aromatic rings. The van der Waals surface area contributed by atoms with Crippen molar-refractivity contribution >= 4 is 11.3 Å². The summed E-state index contributed by atoms with van der Waals surface area (Å²) >= 11 is 1.39. The Morgan fingerprint density at radius 2 is 2.45 bits per heavy atom. The van der Waals surface area contributed by atoms with Crippen LogP contribution < -0.4 is 5.73 Å². The SMILES string of the molecule is NC(CO)C(O)c1cscn1. The van der Waals surface area contributed by atoms with Crippen LogP contribution in [0, 0.1) is 0 Å². The summed E-state index contributed by atoms with van der Waals surface area (Å²) in [6.45, 7) is -0.237. The number of hydrogen-bond donors (Lipinski definition) is 3. The van der Waals surface area contributed by atoms with Gasteiger partial charge in [0.05, 0.1) is 23.9 Å². The van der Waals surface area contributed by atoms with Crippen molar-refractivity contribution in [1.82, 2.24) is 4.98 Å². The molecule has 0 aliphatic heterocycles. The van der Waals surface area contributed by atoms with Gasteiger partial charge in [-0.3, -0.25) is 0 Å². The molecular formula is C6H10N2O2S. The zero-order valence-electron chi connectivity index (χ0n) is 5.84. The molecule has 2 unspecified atom stereocenters. The predicted octanol–water partition coefficient (Wildman–Crippen LogP) is -0.504. The van der Waals surface area contributed by atoms with Crippen LogP contribution in [0.3, 0.4) is 0 Å².